The number of piperidine rings is 1. The van der Waals surface area contributed by atoms with Crippen molar-refractivity contribution in [1.82, 2.24) is 19.8 Å². The summed E-state index contributed by atoms with van der Waals surface area (Å²) in [5, 5.41) is 6.88. The molecule has 3 heterocycles. The van der Waals surface area contributed by atoms with E-state index < -0.39 is 10.8 Å². The molecule has 1 atom stereocenters. The van der Waals surface area contributed by atoms with Crippen LogP contribution in [-0.2, 0) is 10.8 Å². The zero-order valence-electron chi connectivity index (χ0n) is 24.3. The maximum absolute atomic E-state index is 12.8. The summed E-state index contributed by atoms with van der Waals surface area (Å²) < 4.78 is 18.6. The first-order valence-corrected chi connectivity index (χ1v) is 15.8. The van der Waals surface area contributed by atoms with E-state index in [-0.39, 0.29) is 5.25 Å². The van der Waals surface area contributed by atoms with Crippen LogP contribution in [0.5, 0.6) is 5.75 Å². The van der Waals surface area contributed by atoms with E-state index in [1.165, 1.54) is 25.9 Å². The zero-order chi connectivity index (χ0) is 28.9. The fraction of sp³-hybridized carbons (Fsp3) is 0.467. The number of nitrogens with one attached hydrogen (secondary N) is 2. The van der Waals surface area contributed by atoms with E-state index in [2.05, 4.69) is 54.5 Å². The van der Waals surface area contributed by atoms with Gasteiger partial charge in [-0.15, -0.1) is 0 Å². The monoisotopic (exact) mass is 597 g/mol. The molecule has 1 unspecified atom stereocenters. The Morgan fingerprint density at radius 3 is 2.44 bits per heavy atom. The molecule has 3 aromatic rings. The molecule has 0 radical (unpaired) electrons. The number of rotatable bonds is 9. The maximum Gasteiger partial charge on any atom is 0.229 e. The minimum absolute atomic E-state index is 0.0187. The van der Waals surface area contributed by atoms with Gasteiger partial charge in [-0.1, -0.05) is 37.6 Å². The molecule has 2 saturated heterocycles. The van der Waals surface area contributed by atoms with E-state index in [0.29, 0.717) is 33.4 Å². The van der Waals surface area contributed by atoms with Gasteiger partial charge in [0.05, 0.1) is 40.4 Å². The Balaban J connectivity index is 1.27. The first-order chi connectivity index (χ1) is 19.8. The minimum Gasteiger partial charge on any atom is -0.494 e. The third-order valence-electron chi connectivity index (χ3n) is 7.84. The average molecular weight is 598 g/mol. The van der Waals surface area contributed by atoms with Crippen molar-refractivity contribution in [2.24, 2.45) is 0 Å². The number of likely N-dealkylation sites (N-methyl/N-ethyl adjacent to an activating group) is 1. The van der Waals surface area contributed by atoms with Crippen molar-refractivity contribution in [3.63, 3.8) is 0 Å². The summed E-state index contributed by atoms with van der Waals surface area (Å²) in [6.07, 6.45) is 3.90. The highest BCUT2D eigenvalue weighted by atomic mass is 35.5. The lowest BCUT2D eigenvalue weighted by atomic mass is 10.0. The van der Waals surface area contributed by atoms with Crippen LogP contribution >= 0.6 is 11.6 Å². The standard InChI is InChI=1S/C30H40ClN7O2S/c1-21(2)41(39)28-8-6-5-7-26(28)33-29-24(31)20-32-30(35-29)34-25-10-9-23(19-27(25)40-4)37-13-11-22(12-14-37)38-17-15-36(3)16-18-38/h5-10,19-22H,11-18H2,1-4H3,(H2,32,33,34,35). The van der Waals surface area contributed by atoms with Crippen LogP contribution in [0.4, 0.5) is 28.8 Å². The quantitative estimate of drug-likeness (QED) is 0.339. The fourth-order valence-electron chi connectivity index (χ4n) is 5.42. The van der Waals surface area contributed by atoms with E-state index in [9.17, 15) is 4.21 Å². The summed E-state index contributed by atoms with van der Waals surface area (Å²) in [6, 6.07) is 14.4. The van der Waals surface area contributed by atoms with Crippen LogP contribution in [0.25, 0.3) is 0 Å². The third kappa shape index (κ3) is 7.12. The van der Waals surface area contributed by atoms with Crippen molar-refractivity contribution in [1.29, 1.82) is 0 Å². The minimum atomic E-state index is -1.17. The molecular weight excluding hydrogens is 558 g/mol. The van der Waals surface area contributed by atoms with E-state index in [4.69, 9.17) is 16.3 Å². The Hall–Kier alpha value is -2.92. The summed E-state index contributed by atoms with van der Waals surface area (Å²) in [5.41, 5.74) is 2.61. The zero-order valence-corrected chi connectivity index (χ0v) is 25.8. The van der Waals surface area contributed by atoms with Gasteiger partial charge in [-0.05, 0) is 44.2 Å². The van der Waals surface area contributed by atoms with E-state index >= 15 is 0 Å². The summed E-state index contributed by atoms with van der Waals surface area (Å²) in [5.74, 6) is 1.52. The van der Waals surface area contributed by atoms with Crippen molar-refractivity contribution < 1.29 is 8.95 Å². The lowest BCUT2D eigenvalue weighted by Gasteiger charge is -2.42. The summed E-state index contributed by atoms with van der Waals surface area (Å²) >= 11 is 6.45. The third-order valence-corrected chi connectivity index (χ3v) is 9.77. The van der Waals surface area contributed by atoms with Crippen LogP contribution in [0.3, 0.4) is 0 Å². The molecule has 9 nitrogen and oxygen atoms in total. The number of methoxy groups -OCH3 is 1. The number of piperazine rings is 1. The normalized spacial score (nSPS) is 18.0. The Bertz CT molecular complexity index is 1360. The van der Waals surface area contributed by atoms with Crippen LogP contribution in [-0.4, -0.2) is 88.7 Å². The number of benzene rings is 2. The molecule has 220 valence electrons. The Morgan fingerprint density at radius 2 is 1.73 bits per heavy atom. The number of aromatic nitrogens is 2. The Labute approximate surface area is 250 Å². The average Bonchev–Trinajstić information content (AvgIpc) is 2.99. The molecule has 0 aliphatic carbocycles. The van der Waals surface area contributed by atoms with Gasteiger partial charge in [0, 0.05) is 62.3 Å². The molecular formula is C30H40ClN7O2S. The molecule has 2 fully saturated rings. The number of hydrogen-bond donors (Lipinski definition) is 2. The number of halogens is 1. The van der Waals surface area contributed by atoms with Crippen molar-refractivity contribution >= 4 is 51.2 Å². The van der Waals surface area contributed by atoms with Gasteiger partial charge in [0.1, 0.15) is 10.8 Å². The predicted molar refractivity (Wildman–Crippen MR) is 169 cm³/mol. The van der Waals surface area contributed by atoms with E-state index in [1.807, 2.05) is 44.2 Å². The van der Waals surface area contributed by atoms with Crippen LogP contribution in [0.1, 0.15) is 26.7 Å². The highest BCUT2D eigenvalue weighted by Crippen LogP contribution is 2.34. The lowest BCUT2D eigenvalue weighted by molar-refractivity contribution is 0.0982. The molecule has 5 rings (SSSR count). The molecule has 1 aromatic heterocycles. The second-order valence-corrected chi connectivity index (χ2v) is 13.3. The molecule has 41 heavy (non-hydrogen) atoms. The number of para-hydroxylation sites is 1. The first-order valence-electron chi connectivity index (χ1n) is 14.2. The van der Waals surface area contributed by atoms with Crippen LogP contribution in [0.15, 0.2) is 53.6 Å². The van der Waals surface area contributed by atoms with Crippen molar-refractivity contribution in [3.8, 4) is 5.75 Å². The number of hydrogen-bond acceptors (Lipinski definition) is 9. The van der Waals surface area contributed by atoms with E-state index in [0.717, 1.165) is 43.3 Å². The summed E-state index contributed by atoms with van der Waals surface area (Å²) in [7, 11) is 2.71. The fourth-order valence-corrected chi connectivity index (χ4v) is 6.61. The first kappa shape index (κ1) is 29.6. The van der Waals surface area contributed by atoms with Crippen LogP contribution in [0, 0.1) is 0 Å². The Kier molecular flexibility index (Phi) is 9.64. The molecule has 0 saturated carbocycles. The van der Waals surface area contributed by atoms with Gasteiger partial charge in [0.25, 0.3) is 0 Å². The molecule has 0 spiro atoms. The van der Waals surface area contributed by atoms with Crippen LogP contribution < -0.4 is 20.3 Å². The van der Waals surface area contributed by atoms with Gasteiger partial charge >= 0.3 is 0 Å². The van der Waals surface area contributed by atoms with Crippen molar-refractivity contribution in [3.05, 3.63) is 53.7 Å². The lowest BCUT2D eigenvalue weighted by Crippen LogP contribution is -2.52. The molecule has 2 aromatic carbocycles. The van der Waals surface area contributed by atoms with Gasteiger partial charge in [-0.2, -0.15) is 4.98 Å². The highest BCUT2D eigenvalue weighted by Gasteiger charge is 2.27. The summed E-state index contributed by atoms with van der Waals surface area (Å²) in [4.78, 5) is 17.2. The predicted octanol–water partition coefficient (Wildman–Crippen LogP) is 5.36. The summed E-state index contributed by atoms with van der Waals surface area (Å²) in [6.45, 7) is 10.6. The van der Waals surface area contributed by atoms with Crippen molar-refractivity contribution in [2.75, 3.05) is 69.0 Å². The molecule has 11 heteroatoms. The van der Waals surface area contributed by atoms with Gasteiger partial charge in [0.2, 0.25) is 5.95 Å². The molecule has 2 aliphatic rings. The molecule has 2 aliphatic heterocycles. The topological polar surface area (TPSA) is 85.9 Å². The van der Waals surface area contributed by atoms with E-state index in [1.54, 1.807) is 13.3 Å². The van der Waals surface area contributed by atoms with Crippen LogP contribution in [0.2, 0.25) is 5.02 Å². The van der Waals surface area contributed by atoms with Gasteiger partial charge in [-0.3, -0.25) is 9.11 Å². The highest BCUT2D eigenvalue weighted by molar-refractivity contribution is 7.85. The maximum atomic E-state index is 12.8. The second-order valence-electron chi connectivity index (χ2n) is 10.9. The Morgan fingerprint density at radius 1 is 1.00 bits per heavy atom. The van der Waals surface area contributed by atoms with Gasteiger partial charge in [-0.25, -0.2) is 4.98 Å². The largest absolute Gasteiger partial charge is 0.494 e. The van der Waals surface area contributed by atoms with Gasteiger partial charge in [0.15, 0.2) is 5.82 Å². The SMILES string of the molecule is COc1cc(N2CCC(N3CCN(C)CC3)CC2)ccc1Nc1ncc(Cl)c(Nc2ccccc2S(=O)C(C)C)n1. The number of ether oxygens (including phenoxy) is 1. The number of nitrogens with zero attached hydrogens (tertiary/aromatic N) is 5. The van der Waals surface area contributed by atoms with Crippen molar-refractivity contribution in [2.45, 2.75) is 42.9 Å². The number of anilines is 5. The molecule has 2 N–H and O–H groups in total. The smallest absolute Gasteiger partial charge is 0.229 e. The molecule has 0 amide bonds. The van der Waals surface area contributed by atoms with Gasteiger partial charge < -0.3 is 25.2 Å². The second kappa shape index (κ2) is 13.4. The molecule has 0 bridgehead atoms.